The number of rotatable bonds is 8. The van der Waals surface area contributed by atoms with Crippen molar-refractivity contribution in [3.63, 3.8) is 0 Å². The zero-order valence-electron chi connectivity index (χ0n) is 11.9. The molecule has 2 N–H and O–H groups in total. The Morgan fingerprint density at radius 3 is 3.11 bits per heavy atom. The number of ether oxygens (including phenoxy) is 2. The molecule has 5 heteroatoms. The van der Waals surface area contributed by atoms with Gasteiger partial charge in [0.2, 0.25) is 0 Å². The highest BCUT2D eigenvalue weighted by Gasteiger charge is 2.28. The molecule has 0 bridgehead atoms. The van der Waals surface area contributed by atoms with Crippen LogP contribution in [0.1, 0.15) is 32.6 Å². The quantitative estimate of drug-likeness (QED) is 0.708. The normalized spacial score (nSPS) is 32.8. The lowest BCUT2D eigenvalue weighted by molar-refractivity contribution is -0.0164. The van der Waals surface area contributed by atoms with Crippen LogP contribution in [-0.2, 0) is 9.47 Å². The maximum absolute atomic E-state index is 9.85. The summed E-state index contributed by atoms with van der Waals surface area (Å²) in [5, 5.41) is 13.2. The minimum Gasteiger partial charge on any atom is -0.389 e. The Balaban J connectivity index is 1.48. The molecule has 0 aliphatic carbocycles. The second-order valence-corrected chi connectivity index (χ2v) is 7.54. The first kappa shape index (κ1) is 15.6. The van der Waals surface area contributed by atoms with Crippen molar-refractivity contribution >= 4 is 11.8 Å². The average molecular weight is 289 g/mol. The van der Waals surface area contributed by atoms with Gasteiger partial charge in [-0.1, -0.05) is 0 Å². The lowest BCUT2D eigenvalue weighted by Gasteiger charge is -2.24. The second kappa shape index (κ2) is 7.84. The van der Waals surface area contributed by atoms with Gasteiger partial charge in [0.15, 0.2) is 0 Å². The Labute approximate surface area is 120 Å². The fraction of sp³-hybridized carbons (Fsp3) is 1.00. The highest BCUT2D eigenvalue weighted by molar-refractivity contribution is 8.00. The van der Waals surface area contributed by atoms with Gasteiger partial charge in [-0.15, -0.1) is 0 Å². The molecule has 2 heterocycles. The van der Waals surface area contributed by atoms with E-state index in [0.29, 0.717) is 24.5 Å². The minimum absolute atomic E-state index is 0.244. The van der Waals surface area contributed by atoms with E-state index in [4.69, 9.17) is 9.47 Å². The van der Waals surface area contributed by atoms with Gasteiger partial charge in [-0.2, -0.15) is 11.8 Å². The van der Waals surface area contributed by atoms with E-state index in [-0.39, 0.29) is 6.10 Å². The van der Waals surface area contributed by atoms with Crippen LogP contribution in [0, 0.1) is 0 Å². The van der Waals surface area contributed by atoms with Crippen molar-refractivity contribution in [3.05, 3.63) is 0 Å². The van der Waals surface area contributed by atoms with Gasteiger partial charge in [-0.25, -0.2) is 0 Å². The topological polar surface area (TPSA) is 50.7 Å². The first-order chi connectivity index (χ1) is 9.18. The van der Waals surface area contributed by atoms with Gasteiger partial charge in [0.25, 0.3) is 0 Å². The molecular formula is C14H27NO3S. The number of thioether (sulfide) groups is 1. The average Bonchev–Trinajstić information content (AvgIpc) is 3.01. The van der Waals surface area contributed by atoms with Gasteiger partial charge in [0.1, 0.15) is 0 Å². The van der Waals surface area contributed by atoms with Crippen LogP contribution in [-0.4, -0.2) is 60.7 Å². The molecule has 0 aromatic carbocycles. The number of nitrogens with one attached hydrogen (secondary N) is 1. The third kappa shape index (κ3) is 5.60. The van der Waals surface area contributed by atoms with Gasteiger partial charge < -0.3 is 19.9 Å². The molecule has 0 amide bonds. The molecule has 2 fully saturated rings. The summed E-state index contributed by atoms with van der Waals surface area (Å²) in [6.45, 7) is 5.76. The van der Waals surface area contributed by atoms with Crippen LogP contribution in [0.25, 0.3) is 0 Å². The van der Waals surface area contributed by atoms with Crippen LogP contribution < -0.4 is 5.32 Å². The van der Waals surface area contributed by atoms with Crippen molar-refractivity contribution in [1.82, 2.24) is 5.32 Å². The zero-order chi connectivity index (χ0) is 13.6. The lowest BCUT2D eigenvalue weighted by atomic mass is 10.1. The van der Waals surface area contributed by atoms with Crippen molar-refractivity contribution < 1.29 is 14.6 Å². The Hall–Kier alpha value is 0.190. The summed E-state index contributed by atoms with van der Waals surface area (Å²) in [6, 6.07) is 0. The van der Waals surface area contributed by atoms with Crippen molar-refractivity contribution in [2.24, 2.45) is 0 Å². The van der Waals surface area contributed by atoms with Crippen LogP contribution in [0.3, 0.4) is 0 Å². The predicted octanol–water partition coefficient (Wildman–Crippen LogP) is 1.42. The van der Waals surface area contributed by atoms with Crippen molar-refractivity contribution in [2.75, 3.05) is 38.7 Å². The largest absolute Gasteiger partial charge is 0.389 e. The van der Waals surface area contributed by atoms with Crippen LogP contribution in [0.5, 0.6) is 0 Å². The first-order valence-corrected chi connectivity index (χ1v) is 8.39. The molecule has 3 unspecified atom stereocenters. The summed E-state index contributed by atoms with van der Waals surface area (Å²) in [7, 11) is 0. The van der Waals surface area contributed by atoms with E-state index in [0.717, 1.165) is 26.0 Å². The SMILES string of the molecule is CC1(CNCC(O)COCC2CCCO2)CCCS1. The highest BCUT2D eigenvalue weighted by atomic mass is 32.2. The van der Waals surface area contributed by atoms with Gasteiger partial charge in [-0.3, -0.25) is 0 Å². The minimum atomic E-state index is -0.420. The fourth-order valence-corrected chi connectivity index (χ4v) is 3.92. The third-order valence-corrected chi connectivity index (χ3v) is 5.36. The van der Waals surface area contributed by atoms with E-state index >= 15 is 0 Å². The highest BCUT2D eigenvalue weighted by Crippen LogP contribution is 2.36. The molecule has 3 atom stereocenters. The van der Waals surface area contributed by atoms with E-state index in [1.807, 2.05) is 11.8 Å². The summed E-state index contributed by atoms with van der Waals surface area (Å²) in [6.07, 6.45) is 4.63. The molecule has 0 spiro atoms. The number of aliphatic hydroxyl groups is 1. The molecule has 2 aliphatic heterocycles. The predicted molar refractivity (Wildman–Crippen MR) is 78.8 cm³/mol. The van der Waals surface area contributed by atoms with E-state index in [2.05, 4.69) is 12.2 Å². The maximum atomic E-state index is 9.85. The van der Waals surface area contributed by atoms with Crippen LogP contribution in [0.4, 0.5) is 0 Å². The smallest absolute Gasteiger partial charge is 0.0897 e. The Morgan fingerprint density at radius 1 is 1.53 bits per heavy atom. The van der Waals surface area contributed by atoms with Crippen molar-refractivity contribution in [2.45, 2.75) is 49.6 Å². The monoisotopic (exact) mass is 289 g/mol. The van der Waals surface area contributed by atoms with Crippen LogP contribution in [0.15, 0.2) is 0 Å². The Kier molecular flexibility index (Phi) is 6.42. The zero-order valence-corrected chi connectivity index (χ0v) is 12.7. The number of hydrogen-bond acceptors (Lipinski definition) is 5. The van der Waals surface area contributed by atoms with Gasteiger partial charge >= 0.3 is 0 Å². The molecule has 2 aliphatic rings. The Morgan fingerprint density at radius 2 is 2.42 bits per heavy atom. The van der Waals surface area contributed by atoms with Gasteiger partial charge in [-0.05, 0) is 38.4 Å². The van der Waals surface area contributed by atoms with Crippen molar-refractivity contribution in [1.29, 1.82) is 0 Å². The molecule has 19 heavy (non-hydrogen) atoms. The third-order valence-electron chi connectivity index (χ3n) is 3.82. The molecule has 2 saturated heterocycles. The van der Waals surface area contributed by atoms with Crippen LogP contribution >= 0.6 is 11.8 Å². The van der Waals surface area contributed by atoms with Crippen LogP contribution in [0.2, 0.25) is 0 Å². The van der Waals surface area contributed by atoms with E-state index in [9.17, 15) is 5.11 Å². The summed E-state index contributed by atoms with van der Waals surface area (Å²) in [5.41, 5.74) is 0. The van der Waals surface area contributed by atoms with E-state index < -0.39 is 6.10 Å². The Bertz CT molecular complexity index is 253. The van der Waals surface area contributed by atoms with Gasteiger partial charge in [0, 0.05) is 24.4 Å². The summed E-state index contributed by atoms with van der Waals surface area (Å²) < 4.78 is 11.3. The standard InChI is InChI=1S/C14H27NO3S/c1-14(5-3-7-19-14)11-15-8-12(16)9-17-10-13-4-2-6-18-13/h12-13,15-16H,2-11H2,1H3. The molecule has 0 aromatic rings. The number of aliphatic hydroxyl groups excluding tert-OH is 1. The molecule has 0 radical (unpaired) electrons. The molecule has 0 saturated carbocycles. The summed E-state index contributed by atoms with van der Waals surface area (Å²) >= 11 is 2.04. The summed E-state index contributed by atoms with van der Waals surface area (Å²) in [4.78, 5) is 0. The lowest BCUT2D eigenvalue weighted by Crippen LogP contribution is -2.38. The number of hydrogen-bond donors (Lipinski definition) is 2. The fourth-order valence-electron chi connectivity index (χ4n) is 2.65. The molecule has 0 aromatic heterocycles. The first-order valence-electron chi connectivity index (χ1n) is 7.40. The maximum Gasteiger partial charge on any atom is 0.0897 e. The molecular weight excluding hydrogens is 262 g/mol. The second-order valence-electron chi connectivity index (χ2n) is 5.86. The van der Waals surface area contributed by atoms with Gasteiger partial charge in [0.05, 0.1) is 25.4 Å². The summed E-state index contributed by atoms with van der Waals surface area (Å²) in [5.74, 6) is 1.27. The molecule has 4 nitrogen and oxygen atoms in total. The molecule has 112 valence electrons. The molecule has 2 rings (SSSR count). The van der Waals surface area contributed by atoms with E-state index in [1.165, 1.54) is 18.6 Å². The van der Waals surface area contributed by atoms with E-state index in [1.54, 1.807) is 0 Å². The van der Waals surface area contributed by atoms with Crippen molar-refractivity contribution in [3.8, 4) is 0 Å².